The average molecular weight is 778 g/mol. The van der Waals surface area contributed by atoms with Gasteiger partial charge in [0.2, 0.25) is 11.8 Å². The Hall–Kier alpha value is -5.99. The summed E-state index contributed by atoms with van der Waals surface area (Å²) in [5.41, 5.74) is 8.03. The number of amides is 4. The Morgan fingerprint density at radius 1 is 0.702 bits per heavy atom. The Bertz CT molecular complexity index is 2320. The Kier molecular flexibility index (Phi) is 11.2. The van der Waals surface area contributed by atoms with E-state index in [9.17, 15) is 19.2 Å². The van der Waals surface area contributed by atoms with Crippen LogP contribution in [0.25, 0.3) is 44.5 Å². The molecule has 2 aliphatic heterocycles. The summed E-state index contributed by atoms with van der Waals surface area (Å²) in [6.07, 6.45) is 3.82. The molecule has 2 aliphatic rings. The molecule has 2 saturated heterocycles. The number of fused-ring (bicyclic) bond motifs is 2. The van der Waals surface area contributed by atoms with Crippen LogP contribution in [0.4, 0.5) is 9.59 Å². The molecule has 300 valence electrons. The predicted octanol–water partition coefficient (Wildman–Crippen LogP) is 6.56. The van der Waals surface area contributed by atoms with Crippen LogP contribution in [0.3, 0.4) is 0 Å². The maximum absolute atomic E-state index is 13.6. The number of ether oxygens (including phenoxy) is 2. The van der Waals surface area contributed by atoms with Crippen molar-refractivity contribution in [2.45, 2.75) is 84.5 Å². The number of pyridine rings is 1. The molecule has 7 rings (SSSR count). The van der Waals surface area contributed by atoms with E-state index in [1.54, 1.807) is 0 Å². The molecule has 4 unspecified atom stereocenters. The molecular formula is C42H51N9O6. The number of methoxy groups -OCH3 is 2. The maximum atomic E-state index is 13.6. The fraction of sp³-hybridized carbons (Fsp3) is 0.452. The lowest BCUT2D eigenvalue weighted by Crippen LogP contribution is -2.51. The van der Waals surface area contributed by atoms with Crippen molar-refractivity contribution in [3.8, 4) is 22.4 Å². The summed E-state index contributed by atoms with van der Waals surface area (Å²) in [5.74, 6) is 0.909. The first-order chi connectivity index (χ1) is 27.4. The summed E-state index contributed by atoms with van der Waals surface area (Å²) >= 11 is 0. The number of aromatic nitrogens is 5. The van der Waals surface area contributed by atoms with Crippen molar-refractivity contribution in [2.24, 2.45) is 11.8 Å². The SMILES string of the molecule is COC(=O)NC(C(=O)N1CCCC1c1nc2ccc(-c3cnc(-c4ccc5nc(C6CCCN6C(=O)C(NC(=O)OC)C(C)C)[nH]c5c4)c(C)c3)cc2[nH]1)C(C)C. The Morgan fingerprint density at radius 2 is 1.18 bits per heavy atom. The van der Waals surface area contributed by atoms with Crippen LogP contribution in [0.1, 0.15) is 82.7 Å². The van der Waals surface area contributed by atoms with Crippen LogP contribution >= 0.6 is 0 Å². The van der Waals surface area contributed by atoms with E-state index in [1.807, 2.05) is 80.9 Å². The standard InChI is InChI=1S/C42H51N9O6/c1-22(2)34(48-41(54)56-6)39(52)50-16-8-10-32(50)37-44-28-14-12-25(19-30(28)46-37)27-18-24(5)36(43-21-27)26-13-15-29-31(20-26)47-38(45-29)33-11-9-17-51(33)40(53)35(23(3)4)49-42(55)57-7/h12-15,18-23,32-35H,8-11,16-17H2,1-7H3,(H,44,46)(H,45,47)(H,48,54)(H,49,55). The molecule has 2 fully saturated rings. The zero-order valence-corrected chi connectivity index (χ0v) is 33.5. The quantitative estimate of drug-likeness (QED) is 0.122. The van der Waals surface area contributed by atoms with Crippen LogP contribution in [0.5, 0.6) is 0 Å². The van der Waals surface area contributed by atoms with Gasteiger partial charge in [-0.05, 0) is 85.9 Å². The molecular weight excluding hydrogens is 727 g/mol. The van der Waals surface area contributed by atoms with Crippen molar-refractivity contribution < 1.29 is 28.7 Å². The molecule has 4 N–H and O–H groups in total. The molecule has 0 bridgehead atoms. The number of imidazole rings is 2. The number of benzene rings is 2. The number of aromatic amines is 2. The van der Waals surface area contributed by atoms with Crippen molar-refractivity contribution in [2.75, 3.05) is 27.3 Å². The summed E-state index contributed by atoms with van der Waals surface area (Å²) in [4.78, 5) is 76.5. The van der Waals surface area contributed by atoms with E-state index in [2.05, 4.69) is 32.7 Å². The number of likely N-dealkylation sites (tertiary alicyclic amines) is 2. The van der Waals surface area contributed by atoms with Gasteiger partial charge in [-0.3, -0.25) is 14.6 Å². The zero-order valence-electron chi connectivity index (χ0n) is 33.5. The topological polar surface area (TPSA) is 188 Å². The highest BCUT2D eigenvalue weighted by atomic mass is 16.5. The summed E-state index contributed by atoms with van der Waals surface area (Å²) in [6, 6.07) is 12.3. The molecule has 4 amide bonds. The van der Waals surface area contributed by atoms with E-state index in [-0.39, 0.29) is 35.7 Å². The number of H-pyrrole nitrogens is 2. The van der Waals surface area contributed by atoms with Crippen LogP contribution in [0.15, 0.2) is 48.7 Å². The van der Waals surface area contributed by atoms with Gasteiger partial charge in [0.1, 0.15) is 23.7 Å². The molecule has 57 heavy (non-hydrogen) atoms. The lowest BCUT2D eigenvalue weighted by Gasteiger charge is -2.29. The van der Waals surface area contributed by atoms with Crippen molar-refractivity contribution in [1.29, 1.82) is 0 Å². The molecule has 0 saturated carbocycles. The Morgan fingerprint density at radius 3 is 1.63 bits per heavy atom. The van der Waals surface area contributed by atoms with Crippen LogP contribution < -0.4 is 10.6 Å². The summed E-state index contributed by atoms with van der Waals surface area (Å²) < 4.78 is 9.55. The second-order valence-electron chi connectivity index (χ2n) is 15.7. The van der Waals surface area contributed by atoms with Gasteiger partial charge in [0, 0.05) is 30.4 Å². The number of aryl methyl sites for hydroxylation is 1. The molecule has 4 atom stereocenters. The summed E-state index contributed by atoms with van der Waals surface area (Å²) in [7, 11) is 2.58. The third-order valence-electron chi connectivity index (χ3n) is 11.2. The minimum Gasteiger partial charge on any atom is -0.453 e. The monoisotopic (exact) mass is 777 g/mol. The molecule has 0 radical (unpaired) electrons. The second-order valence-corrected chi connectivity index (χ2v) is 15.7. The minimum atomic E-state index is -0.702. The molecule has 5 heterocycles. The number of alkyl carbamates (subject to hydrolysis) is 2. The third-order valence-corrected chi connectivity index (χ3v) is 11.2. The fourth-order valence-electron chi connectivity index (χ4n) is 8.12. The minimum absolute atomic E-state index is 0.116. The maximum Gasteiger partial charge on any atom is 0.407 e. The molecule has 15 heteroatoms. The lowest BCUT2D eigenvalue weighted by molar-refractivity contribution is -0.136. The van der Waals surface area contributed by atoms with E-state index in [4.69, 9.17) is 24.4 Å². The third kappa shape index (κ3) is 7.87. The van der Waals surface area contributed by atoms with Gasteiger partial charge in [-0.2, -0.15) is 0 Å². The number of carbonyl (C=O) groups is 4. The van der Waals surface area contributed by atoms with Crippen molar-refractivity contribution in [3.63, 3.8) is 0 Å². The number of nitrogens with zero attached hydrogens (tertiary/aromatic N) is 5. The predicted molar refractivity (Wildman–Crippen MR) is 215 cm³/mol. The molecule has 15 nitrogen and oxygen atoms in total. The highest BCUT2D eigenvalue weighted by Crippen LogP contribution is 2.36. The second kappa shape index (κ2) is 16.2. The smallest absolute Gasteiger partial charge is 0.407 e. The first kappa shape index (κ1) is 39.3. The van der Waals surface area contributed by atoms with E-state index in [0.29, 0.717) is 18.9 Å². The first-order valence-corrected chi connectivity index (χ1v) is 19.6. The molecule has 5 aromatic rings. The molecule has 0 spiro atoms. The van der Waals surface area contributed by atoms with Crippen LogP contribution in [0, 0.1) is 18.8 Å². The number of nitrogens with one attached hydrogen (secondary N) is 4. The van der Waals surface area contributed by atoms with E-state index >= 15 is 0 Å². The summed E-state index contributed by atoms with van der Waals surface area (Å²) in [5, 5.41) is 5.41. The Labute approximate surface area is 331 Å². The van der Waals surface area contributed by atoms with Crippen LogP contribution in [0.2, 0.25) is 0 Å². The normalized spacial score (nSPS) is 18.1. The van der Waals surface area contributed by atoms with Crippen LogP contribution in [-0.2, 0) is 19.1 Å². The van der Waals surface area contributed by atoms with Crippen LogP contribution in [-0.4, -0.2) is 98.1 Å². The van der Waals surface area contributed by atoms with Gasteiger partial charge < -0.3 is 39.9 Å². The first-order valence-electron chi connectivity index (χ1n) is 19.6. The van der Waals surface area contributed by atoms with E-state index in [0.717, 1.165) is 81.5 Å². The average Bonchev–Trinajstić information content (AvgIpc) is 4.03. The van der Waals surface area contributed by atoms with Gasteiger partial charge in [0.05, 0.1) is 54.1 Å². The fourth-order valence-corrected chi connectivity index (χ4v) is 8.12. The van der Waals surface area contributed by atoms with Gasteiger partial charge in [-0.15, -0.1) is 0 Å². The van der Waals surface area contributed by atoms with Gasteiger partial charge in [-0.25, -0.2) is 19.6 Å². The number of rotatable bonds is 10. The summed E-state index contributed by atoms with van der Waals surface area (Å²) in [6.45, 7) is 10.8. The molecule has 0 aliphatic carbocycles. The van der Waals surface area contributed by atoms with Crippen molar-refractivity contribution >= 4 is 46.1 Å². The van der Waals surface area contributed by atoms with Crippen molar-refractivity contribution in [3.05, 3.63) is 65.9 Å². The number of hydrogen-bond donors (Lipinski definition) is 4. The number of carbonyl (C=O) groups excluding carboxylic acids is 4. The largest absolute Gasteiger partial charge is 0.453 e. The van der Waals surface area contributed by atoms with Gasteiger partial charge in [0.15, 0.2) is 0 Å². The van der Waals surface area contributed by atoms with Gasteiger partial charge in [0.25, 0.3) is 0 Å². The van der Waals surface area contributed by atoms with E-state index in [1.165, 1.54) is 14.2 Å². The lowest BCUT2D eigenvalue weighted by atomic mass is 10.0. The van der Waals surface area contributed by atoms with Gasteiger partial charge >= 0.3 is 12.2 Å². The molecule has 3 aromatic heterocycles. The van der Waals surface area contributed by atoms with Gasteiger partial charge in [-0.1, -0.05) is 39.8 Å². The number of hydrogen-bond acceptors (Lipinski definition) is 9. The van der Waals surface area contributed by atoms with Crippen molar-refractivity contribution in [1.82, 2.24) is 45.4 Å². The molecule has 2 aromatic carbocycles. The zero-order chi connectivity index (χ0) is 40.5. The highest BCUT2D eigenvalue weighted by Gasteiger charge is 2.39. The Balaban J connectivity index is 1.09. The van der Waals surface area contributed by atoms with E-state index < -0.39 is 24.3 Å². The highest BCUT2D eigenvalue weighted by molar-refractivity contribution is 5.88.